The van der Waals surface area contributed by atoms with Gasteiger partial charge in [-0.3, -0.25) is 0 Å². The number of rotatable bonds is 8. The van der Waals surface area contributed by atoms with Crippen molar-refractivity contribution in [2.24, 2.45) is 0 Å². The third-order valence-corrected chi connectivity index (χ3v) is 11.6. The van der Waals surface area contributed by atoms with Gasteiger partial charge in [-0.2, -0.15) is 0 Å². The molecule has 0 bridgehead atoms. The highest BCUT2D eigenvalue weighted by molar-refractivity contribution is 5.98. The average molecular weight is 756 g/mol. The summed E-state index contributed by atoms with van der Waals surface area (Å²) in [6.07, 6.45) is 0. The van der Waals surface area contributed by atoms with Gasteiger partial charge in [0.1, 0.15) is 0 Å². The molecule has 3 nitrogen and oxygen atoms in total. The molecular weight excluding hydrogens is 715 g/mol. The third kappa shape index (κ3) is 6.98. The molecule has 0 aliphatic rings. The van der Waals surface area contributed by atoms with E-state index in [1.165, 1.54) is 38.2 Å². The largest absolute Gasteiger partial charge is 0.248 e. The van der Waals surface area contributed by atoms with Crippen LogP contribution in [0.3, 0.4) is 0 Å². The molecule has 0 unspecified atom stereocenters. The molecule has 8 aromatic carbocycles. The Morgan fingerprint density at radius 2 is 0.729 bits per heavy atom. The topological polar surface area (TPSA) is 38.7 Å². The first-order valence-corrected chi connectivity index (χ1v) is 20.2. The lowest BCUT2D eigenvalue weighted by atomic mass is 9.77. The average Bonchev–Trinajstić information content (AvgIpc) is 3.31. The number of hydrogen-bond acceptors (Lipinski definition) is 3. The molecule has 0 saturated carbocycles. The molecule has 59 heavy (non-hydrogen) atoms. The Kier molecular flexibility index (Phi) is 9.19. The summed E-state index contributed by atoms with van der Waals surface area (Å²) >= 11 is 0. The van der Waals surface area contributed by atoms with Gasteiger partial charge in [0.25, 0.3) is 0 Å². The number of fused-ring (bicyclic) bond motifs is 2. The van der Waals surface area contributed by atoms with Crippen LogP contribution in [-0.2, 0) is 5.41 Å². The zero-order chi connectivity index (χ0) is 39.8. The fraction of sp³-hybridized carbons (Fsp3) is 0.0536. The van der Waals surface area contributed by atoms with Crippen LogP contribution in [-0.4, -0.2) is 15.0 Å². The first-order valence-electron chi connectivity index (χ1n) is 20.2. The molecule has 2 heterocycles. The summed E-state index contributed by atoms with van der Waals surface area (Å²) < 4.78 is 0. The highest BCUT2D eigenvalue weighted by Crippen LogP contribution is 2.38. The zero-order valence-corrected chi connectivity index (χ0v) is 33.0. The van der Waals surface area contributed by atoms with E-state index in [0.717, 1.165) is 56.2 Å². The molecule has 0 N–H and O–H groups in total. The summed E-state index contributed by atoms with van der Waals surface area (Å²) in [4.78, 5) is 15.5. The summed E-state index contributed by atoms with van der Waals surface area (Å²) in [6, 6.07) is 75.1. The molecule has 280 valence electrons. The number of nitrogens with zero attached hydrogens (tertiary/aromatic N) is 3. The van der Waals surface area contributed by atoms with Crippen molar-refractivity contribution in [3.63, 3.8) is 0 Å². The highest BCUT2D eigenvalue weighted by atomic mass is 14.9. The van der Waals surface area contributed by atoms with Crippen molar-refractivity contribution in [1.29, 1.82) is 0 Å². The molecule has 0 spiro atoms. The summed E-state index contributed by atoms with van der Waals surface area (Å²) in [5.74, 6) is 0.712. The maximum absolute atomic E-state index is 5.22. The molecular formula is C56H41N3. The van der Waals surface area contributed by atoms with E-state index in [0.29, 0.717) is 5.82 Å². The normalized spacial score (nSPS) is 11.6. The van der Waals surface area contributed by atoms with E-state index in [2.05, 4.69) is 202 Å². The fourth-order valence-corrected chi connectivity index (χ4v) is 8.25. The van der Waals surface area contributed by atoms with Gasteiger partial charge in [0.05, 0.1) is 22.8 Å². The van der Waals surface area contributed by atoms with Crippen LogP contribution in [0.15, 0.2) is 212 Å². The maximum atomic E-state index is 5.22. The zero-order valence-electron chi connectivity index (χ0n) is 33.0. The predicted octanol–water partition coefficient (Wildman–Crippen LogP) is 14.5. The lowest BCUT2D eigenvalue weighted by molar-refractivity contribution is 0.641. The van der Waals surface area contributed by atoms with Gasteiger partial charge >= 0.3 is 0 Å². The lowest BCUT2D eigenvalue weighted by Crippen LogP contribution is -2.18. The third-order valence-electron chi connectivity index (χ3n) is 11.6. The van der Waals surface area contributed by atoms with Gasteiger partial charge in [-0.25, -0.2) is 15.0 Å². The van der Waals surface area contributed by atoms with Crippen LogP contribution < -0.4 is 0 Å². The van der Waals surface area contributed by atoms with Gasteiger partial charge < -0.3 is 0 Å². The van der Waals surface area contributed by atoms with E-state index in [4.69, 9.17) is 15.0 Å². The molecule has 0 aliphatic heterocycles. The van der Waals surface area contributed by atoms with E-state index < -0.39 is 0 Å². The van der Waals surface area contributed by atoms with E-state index in [1.54, 1.807) is 0 Å². The van der Waals surface area contributed by atoms with Crippen molar-refractivity contribution >= 4 is 21.5 Å². The Labute approximate surface area is 345 Å². The second kappa shape index (κ2) is 15.1. The molecule has 0 saturated heterocycles. The van der Waals surface area contributed by atoms with Crippen LogP contribution in [0.25, 0.3) is 89.1 Å². The van der Waals surface area contributed by atoms with Gasteiger partial charge in [-0.1, -0.05) is 208 Å². The minimum atomic E-state index is -0.251. The number of pyridine rings is 1. The van der Waals surface area contributed by atoms with Crippen molar-refractivity contribution in [1.82, 2.24) is 15.0 Å². The second-order valence-electron chi connectivity index (χ2n) is 15.7. The highest BCUT2D eigenvalue weighted by Gasteiger charge is 2.24. The number of hydrogen-bond donors (Lipinski definition) is 0. The van der Waals surface area contributed by atoms with Gasteiger partial charge in [-0.05, 0) is 62.0 Å². The van der Waals surface area contributed by atoms with Crippen LogP contribution >= 0.6 is 0 Å². The molecule has 0 amide bonds. The first-order chi connectivity index (χ1) is 29.0. The molecule has 0 fully saturated rings. The summed E-state index contributed by atoms with van der Waals surface area (Å²) in [6.45, 7) is 4.58. The van der Waals surface area contributed by atoms with Crippen molar-refractivity contribution < 1.29 is 0 Å². The summed E-state index contributed by atoms with van der Waals surface area (Å²) in [5.41, 5.74) is 13.6. The Morgan fingerprint density at radius 1 is 0.305 bits per heavy atom. The standard InChI is InChI=1S/C56H41N3/c1-56(2,45-31-27-41(28-32-45)52-36-44(35-51(57-52)40-17-5-3-6-18-40)49-25-13-21-38-15-9-11-23-47(38)49)46-33-29-42(30-34-46)53-37-54(59-55(58-53)43-19-7-4-8-20-43)50-26-14-22-39-16-10-12-24-48(39)50/h3-37H,1-2H3. The van der Waals surface area contributed by atoms with E-state index >= 15 is 0 Å². The van der Waals surface area contributed by atoms with E-state index in [-0.39, 0.29) is 5.41 Å². The van der Waals surface area contributed by atoms with Crippen molar-refractivity contribution in [3.8, 4) is 67.5 Å². The minimum absolute atomic E-state index is 0.251. The van der Waals surface area contributed by atoms with E-state index in [1.807, 2.05) is 24.3 Å². The summed E-state index contributed by atoms with van der Waals surface area (Å²) in [5, 5.41) is 4.82. The predicted molar refractivity (Wildman–Crippen MR) is 246 cm³/mol. The smallest absolute Gasteiger partial charge is 0.160 e. The first kappa shape index (κ1) is 35.9. The molecule has 3 heteroatoms. The van der Waals surface area contributed by atoms with Gasteiger partial charge in [0.15, 0.2) is 5.82 Å². The van der Waals surface area contributed by atoms with Crippen LogP contribution in [0.5, 0.6) is 0 Å². The summed E-state index contributed by atoms with van der Waals surface area (Å²) in [7, 11) is 0. The number of aromatic nitrogens is 3. The van der Waals surface area contributed by atoms with Crippen LogP contribution in [0, 0.1) is 0 Å². The molecule has 2 aromatic heterocycles. The van der Waals surface area contributed by atoms with Crippen molar-refractivity contribution in [2.75, 3.05) is 0 Å². The maximum Gasteiger partial charge on any atom is 0.160 e. The van der Waals surface area contributed by atoms with Crippen LogP contribution in [0.1, 0.15) is 25.0 Å². The molecule has 0 aliphatic carbocycles. The Bertz CT molecular complexity index is 2870. The monoisotopic (exact) mass is 755 g/mol. The van der Waals surface area contributed by atoms with Crippen LogP contribution in [0.2, 0.25) is 0 Å². The number of benzene rings is 8. The van der Waals surface area contributed by atoms with Crippen molar-refractivity contribution in [2.45, 2.75) is 19.3 Å². The Balaban J connectivity index is 0.987. The second-order valence-corrected chi connectivity index (χ2v) is 15.7. The van der Waals surface area contributed by atoms with Crippen molar-refractivity contribution in [3.05, 3.63) is 223 Å². The van der Waals surface area contributed by atoms with E-state index in [9.17, 15) is 0 Å². The van der Waals surface area contributed by atoms with Crippen LogP contribution in [0.4, 0.5) is 0 Å². The quantitative estimate of drug-likeness (QED) is 0.155. The SMILES string of the molecule is CC(C)(c1ccc(-c2cc(-c3cccc4ccccc34)cc(-c3ccccc3)n2)cc1)c1ccc(-c2cc(-c3cccc4ccccc34)nc(-c3ccccc3)n2)cc1. The molecule has 0 atom stereocenters. The molecule has 10 aromatic rings. The van der Waals surface area contributed by atoms with Gasteiger partial charge in [0.2, 0.25) is 0 Å². The Hall–Kier alpha value is -7.49. The molecule has 10 rings (SSSR count). The minimum Gasteiger partial charge on any atom is -0.248 e. The molecule has 0 radical (unpaired) electrons. The fourth-order valence-electron chi connectivity index (χ4n) is 8.25. The Morgan fingerprint density at radius 3 is 1.31 bits per heavy atom. The van der Waals surface area contributed by atoms with Gasteiger partial charge in [0, 0.05) is 33.2 Å². The lowest BCUT2D eigenvalue weighted by Gasteiger charge is -2.26. The van der Waals surface area contributed by atoms with Gasteiger partial charge in [-0.15, -0.1) is 0 Å².